The number of hydrogen-bond acceptors (Lipinski definition) is 3. The third-order valence-corrected chi connectivity index (χ3v) is 2.59. The number of aldehydes is 1. The van der Waals surface area contributed by atoms with Gasteiger partial charge in [-0.3, -0.25) is 4.79 Å². The number of carbonyl (C=O) groups excluding carboxylic acids is 1. The third-order valence-electron chi connectivity index (χ3n) is 2.59. The van der Waals surface area contributed by atoms with Crippen LogP contribution in [0.4, 0.5) is 0 Å². The maximum absolute atomic E-state index is 11.0. The van der Waals surface area contributed by atoms with Crippen LogP contribution in [0, 0.1) is 0 Å². The Morgan fingerprint density at radius 2 is 2.00 bits per heavy atom. The van der Waals surface area contributed by atoms with E-state index in [0.29, 0.717) is 17.1 Å². The van der Waals surface area contributed by atoms with Crippen molar-refractivity contribution in [3.8, 4) is 11.5 Å². The lowest BCUT2D eigenvalue weighted by atomic mass is 10.0. The Morgan fingerprint density at radius 3 is 2.50 bits per heavy atom. The summed E-state index contributed by atoms with van der Waals surface area (Å²) in [5, 5.41) is 0. The number of ether oxygens (including phenoxy) is 2. The van der Waals surface area contributed by atoms with Crippen molar-refractivity contribution in [2.45, 2.75) is 26.2 Å². The molecule has 88 valence electrons. The Balaban J connectivity index is 3.19. The molecule has 0 aliphatic rings. The van der Waals surface area contributed by atoms with Crippen LogP contribution >= 0.6 is 0 Å². The molecule has 0 saturated heterocycles. The summed E-state index contributed by atoms with van der Waals surface area (Å²) in [6.07, 6.45) is 3.82. The number of methoxy groups -OCH3 is 2. The first-order valence-corrected chi connectivity index (χ1v) is 5.47. The summed E-state index contributed by atoms with van der Waals surface area (Å²) in [5.74, 6) is 1.36. The Hall–Kier alpha value is -1.51. The standard InChI is InChI=1S/C13H18O3/c1-4-5-6-11-10(9-14)7-8-12(15-2)13(11)16-3/h7-9H,4-6H2,1-3H3. The number of benzene rings is 1. The zero-order valence-corrected chi connectivity index (χ0v) is 10.1. The van der Waals surface area contributed by atoms with E-state index < -0.39 is 0 Å². The molecule has 0 aromatic heterocycles. The van der Waals surface area contributed by atoms with Gasteiger partial charge in [0, 0.05) is 11.1 Å². The lowest BCUT2D eigenvalue weighted by molar-refractivity contribution is 0.112. The van der Waals surface area contributed by atoms with Crippen LogP contribution in [-0.2, 0) is 6.42 Å². The summed E-state index contributed by atoms with van der Waals surface area (Å²) in [6, 6.07) is 3.54. The number of rotatable bonds is 6. The van der Waals surface area contributed by atoms with Gasteiger partial charge in [0.15, 0.2) is 11.5 Å². The molecule has 0 unspecified atom stereocenters. The second-order valence-electron chi connectivity index (χ2n) is 3.59. The number of hydrogen-bond donors (Lipinski definition) is 0. The van der Waals surface area contributed by atoms with E-state index in [4.69, 9.17) is 9.47 Å². The van der Waals surface area contributed by atoms with Gasteiger partial charge in [0.1, 0.15) is 6.29 Å². The summed E-state index contributed by atoms with van der Waals surface area (Å²) < 4.78 is 10.5. The van der Waals surface area contributed by atoms with Gasteiger partial charge in [-0.15, -0.1) is 0 Å². The highest BCUT2D eigenvalue weighted by Gasteiger charge is 2.13. The molecule has 1 rings (SSSR count). The van der Waals surface area contributed by atoms with Gasteiger partial charge in [-0.2, -0.15) is 0 Å². The molecule has 16 heavy (non-hydrogen) atoms. The van der Waals surface area contributed by atoms with Crippen molar-refractivity contribution in [2.75, 3.05) is 14.2 Å². The van der Waals surface area contributed by atoms with Gasteiger partial charge in [-0.25, -0.2) is 0 Å². The summed E-state index contributed by atoms with van der Waals surface area (Å²) >= 11 is 0. The van der Waals surface area contributed by atoms with Crippen LogP contribution in [0.25, 0.3) is 0 Å². The smallest absolute Gasteiger partial charge is 0.164 e. The molecule has 0 heterocycles. The molecule has 0 fully saturated rings. The van der Waals surface area contributed by atoms with Crippen LogP contribution < -0.4 is 9.47 Å². The van der Waals surface area contributed by atoms with Crippen LogP contribution in [0.2, 0.25) is 0 Å². The van der Waals surface area contributed by atoms with E-state index in [1.165, 1.54) is 0 Å². The van der Waals surface area contributed by atoms with Crippen LogP contribution in [0.5, 0.6) is 11.5 Å². The Kier molecular flexibility index (Phi) is 4.83. The molecule has 1 aromatic carbocycles. The largest absolute Gasteiger partial charge is 0.493 e. The van der Waals surface area contributed by atoms with Gasteiger partial charge in [-0.1, -0.05) is 13.3 Å². The van der Waals surface area contributed by atoms with Crippen LogP contribution in [-0.4, -0.2) is 20.5 Å². The minimum absolute atomic E-state index is 0.680. The molecule has 0 radical (unpaired) electrons. The maximum Gasteiger partial charge on any atom is 0.164 e. The quantitative estimate of drug-likeness (QED) is 0.694. The van der Waals surface area contributed by atoms with E-state index in [1.54, 1.807) is 26.4 Å². The predicted octanol–water partition coefficient (Wildman–Crippen LogP) is 2.86. The third kappa shape index (κ3) is 2.54. The highest BCUT2D eigenvalue weighted by molar-refractivity contribution is 5.80. The maximum atomic E-state index is 11.0. The topological polar surface area (TPSA) is 35.5 Å². The van der Waals surface area contributed by atoms with E-state index in [0.717, 1.165) is 31.1 Å². The van der Waals surface area contributed by atoms with Gasteiger partial charge in [-0.05, 0) is 25.0 Å². The van der Waals surface area contributed by atoms with E-state index >= 15 is 0 Å². The first-order valence-electron chi connectivity index (χ1n) is 5.47. The fourth-order valence-corrected chi connectivity index (χ4v) is 1.73. The van der Waals surface area contributed by atoms with E-state index in [9.17, 15) is 4.79 Å². The van der Waals surface area contributed by atoms with Crippen molar-refractivity contribution in [2.24, 2.45) is 0 Å². The van der Waals surface area contributed by atoms with Crippen LogP contribution in [0.15, 0.2) is 12.1 Å². The fraction of sp³-hybridized carbons (Fsp3) is 0.462. The van der Waals surface area contributed by atoms with Gasteiger partial charge in [0.2, 0.25) is 0 Å². The Labute approximate surface area is 96.4 Å². The van der Waals surface area contributed by atoms with Crippen molar-refractivity contribution in [1.82, 2.24) is 0 Å². The average Bonchev–Trinajstić information content (AvgIpc) is 2.34. The second-order valence-corrected chi connectivity index (χ2v) is 3.59. The predicted molar refractivity (Wildman–Crippen MR) is 63.5 cm³/mol. The van der Waals surface area contributed by atoms with E-state index in [1.807, 2.05) is 0 Å². The number of unbranched alkanes of at least 4 members (excludes halogenated alkanes) is 1. The van der Waals surface area contributed by atoms with Crippen LogP contribution in [0.3, 0.4) is 0 Å². The minimum Gasteiger partial charge on any atom is -0.493 e. The molecule has 0 atom stereocenters. The second kappa shape index (κ2) is 6.16. The highest BCUT2D eigenvalue weighted by Crippen LogP contribution is 2.33. The van der Waals surface area contributed by atoms with Crippen LogP contribution in [0.1, 0.15) is 35.7 Å². The van der Waals surface area contributed by atoms with Crippen molar-refractivity contribution in [1.29, 1.82) is 0 Å². The molecule has 0 aliphatic carbocycles. The summed E-state index contributed by atoms with van der Waals surface area (Å²) in [5.41, 5.74) is 1.63. The molecular weight excluding hydrogens is 204 g/mol. The first-order chi connectivity index (χ1) is 7.78. The Bertz CT molecular complexity index is 358. The molecule has 0 bridgehead atoms. The van der Waals surface area contributed by atoms with Gasteiger partial charge >= 0.3 is 0 Å². The summed E-state index contributed by atoms with van der Waals surface area (Å²) in [7, 11) is 3.20. The molecule has 0 aliphatic heterocycles. The molecule has 3 nitrogen and oxygen atoms in total. The zero-order valence-electron chi connectivity index (χ0n) is 10.1. The lowest BCUT2D eigenvalue weighted by Crippen LogP contribution is -2.00. The SMILES string of the molecule is CCCCc1c(C=O)ccc(OC)c1OC. The molecule has 0 N–H and O–H groups in total. The first kappa shape index (κ1) is 12.6. The normalized spacial score (nSPS) is 9.94. The average molecular weight is 222 g/mol. The zero-order chi connectivity index (χ0) is 12.0. The molecule has 3 heteroatoms. The summed E-state index contributed by atoms with van der Waals surface area (Å²) in [6.45, 7) is 2.12. The van der Waals surface area contributed by atoms with E-state index in [2.05, 4.69) is 6.92 Å². The van der Waals surface area contributed by atoms with Gasteiger partial charge in [0.05, 0.1) is 14.2 Å². The number of carbonyl (C=O) groups is 1. The highest BCUT2D eigenvalue weighted by atomic mass is 16.5. The van der Waals surface area contributed by atoms with Gasteiger partial charge in [0.25, 0.3) is 0 Å². The summed E-state index contributed by atoms with van der Waals surface area (Å²) in [4.78, 5) is 11.0. The van der Waals surface area contributed by atoms with Crippen molar-refractivity contribution in [3.63, 3.8) is 0 Å². The minimum atomic E-state index is 0.680. The monoisotopic (exact) mass is 222 g/mol. The molecule has 0 spiro atoms. The van der Waals surface area contributed by atoms with Gasteiger partial charge < -0.3 is 9.47 Å². The molecule has 0 saturated carbocycles. The molecular formula is C13H18O3. The molecule has 1 aromatic rings. The molecule has 0 amide bonds. The van der Waals surface area contributed by atoms with E-state index in [-0.39, 0.29) is 0 Å². The lowest BCUT2D eigenvalue weighted by Gasteiger charge is -2.14. The van der Waals surface area contributed by atoms with Crippen molar-refractivity contribution >= 4 is 6.29 Å². The fourth-order valence-electron chi connectivity index (χ4n) is 1.73. The Morgan fingerprint density at radius 1 is 1.25 bits per heavy atom. The van der Waals surface area contributed by atoms with Crippen molar-refractivity contribution < 1.29 is 14.3 Å². The van der Waals surface area contributed by atoms with Crippen molar-refractivity contribution in [3.05, 3.63) is 23.3 Å².